The van der Waals surface area contributed by atoms with Gasteiger partial charge in [0.1, 0.15) is 0 Å². The molecule has 0 spiro atoms. The van der Waals surface area contributed by atoms with Gasteiger partial charge in [0.2, 0.25) is 0 Å². The van der Waals surface area contributed by atoms with Gasteiger partial charge in [-0.25, -0.2) is 4.79 Å². The Morgan fingerprint density at radius 1 is 1.73 bits per heavy atom. The highest BCUT2D eigenvalue weighted by atomic mass is 32.1. The minimum absolute atomic E-state index is 0.234. The Morgan fingerprint density at radius 2 is 2.36 bits per heavy atom. The average molecular weight is 174 g/mol. The van der Waals surface area contributed by atoms with E-state index >= 15 is 0 Å². The smallest absolute Gasteiger partial charge is 0.407 e. The lowest BCUT2D eigenvalue weighted by Gasteiger charge is -2.19. The molecule has 1 fully saturated rings. The summed E-state index contributed by atoms with van der Waals surface area (Å²) in [7, 11) is 0. The van der Waals surface area contributed by atoms with Gasteiger partial charge in [0, 0.05) is 6.54 Å². The predicted molar refractivity (Wildman–Crippen MR) is 44.5 cm³/mol. The van der Waals surface area contributed by atoms with E-state index in [1.54, 1.807) is 0 Å². The number of thiocarbonyl (C=S) groups is 1. The first-order valence-electron chi connectivity index (χ1n) is 3.42. The van der Waals surface area contributed by atoms with Crippen molar-refractivity contribution in [1.29, 1.82) is 0 Å². The van der Waals surface area contributed by atoms with Crippen molar-refractivity contribution in [3.05, 3.63) is 0 Å². The molecule has 1 amide bonds. The fourth-order valence-electron chi connectivity index (χ4n) is 1.29. The van der Waals surface area contributed by atoms with Crippen molar-refractivity contribution < 1.29 is 9.90 Å². The molecule has 1 aliphatic rings. The van der Waals surface area contributed by atoms with Crippen LogP contribution in [0.25, 0.3) is 0 Å². The minimum Gasteiger partial charge on any atom is -0.465 e. The zero-order chi connectivity index (χ0) is 8.43. The third kappa shape index (κ3) is 1.59. The van der Waals surface area contributed by atoms with Gasteiger partial charge in [0.05, 0.1) is 11.0 Å². The van der Waals surface area contributed by atoms with Crippen LogP contribution in [0.3, 0.4) is 0 Å². The molecule has 1 heterocycles. The number of hydrogen-bond acceptors (Lipinski definition) is 2. The van der Waals surface area contributed by atoms with E-state index < -0.39 is 6.09 Å². The second kappa shape index (κ2) is 3.04. The Kier molecular flexibility index (Phi) is 2.28. The van der Waals surface area contributed by atoms with Crippen molar-refractivity contribution in [1.82, 2.24) is 4.90 Å². The van der Waals surface area contributed by atoms with Crippen LogP contribution in [0, 0.1) is 0 Å². The van der Waals surface area contributed by atoms with Gasteiger partial charge in [-0.05, 0) is 12.8 Å². The van der Waals surface area contributed by atoms with Crippen molar-refractivity contribution in [2.24, 2.45) is 5.73 Å². The summed E-state index contributed by atoms with van der Waals surface area (Å²) in [5.41, 5.74) is 5.35. The van der Waals surface area contributed by atoms with Gasteiger partial charge in [0.15, 0.2) is 0 Å². The molecule has 0 radical (unpaired) electrons. The molecule has 0 saturated carbocycles. The number of likely N-dealkylation sites (tertiary alicyclic amines) is 1. The van der Waals surface area contributed by atoms with Crippen molar-refractivity contribution in [3.63, 3.8) is 0 Å². The third-order valence-corrected chi connectivity index (χ3v) is 2.10. The van der Waals surface area contributed by atoms with Crippen molar-refractivity contribution in [2.45, 2.75) is 18.9 Å². The van der Waals surface area contributed by atoms with Crippen molar-refractivity contribution in [3.8, 4) is 0 Å². The normalized spacial score (nSPS) is 23.6. The molecule has 1 rings (SSSR count). The summed E-state index contributed by atoms with van der Waals surface area (Å²) in [6.45, 7) is 0.553. The molecule has 1 saturated heterocycles. The van der Waals surface area contributed by atoms with Crippen molar-refractivity contribution >= 4 is 23.3 Å². The summed E-state index contributed by atoms with van der Waals surface area (Å²) in [4.78, 5) is 12.1. The monoisotopic (exact) mass is 174 g/mol. The van der Waals surface area contributed by atoms with E-state index in [-0.39, 0.29) is 11.0 Å². The van der Waals surface area contributed by atoms with Crippen LogP contribution in [0.5, 0.6) is 0 Å². The molecule has 1 aliphatic heterocycles. The SMILES string of the molecule is NC(=S)C1CCCN1C(=O)O. The molecule has 3 N–H and O–H groups in total. The molecule has 0 aromatic rings. The largest absolute Gasteiger partial charge is 0.465 e. The van der Waals surface area contributed by atoms with E-state index in [4.69, 9.17) is 23.1 Å². The standard InChI is InChI=1S/C6H10N2O2S/c7-5(11)4-2-1-3-8(4)6(9)10/h4H,1-3H2,(H2,7,11)(H,9,10). The number of nitrogens with two attached hydrogens (primary N) is 1. The average Bonchev–Trinajstić information content (AvgIpc) is 2.32. The van der Waals surface area contributed by atoms with Gasteiger partial charge in [-0.3, -0.25) is 4.90 Å². The molecule has 4 nitrogen and oxygen atoms in total. The summed E-state index contributed by atoms with van der Waals surface area (Å²) in [5, 5.41) is 8.64. The highest BCUT2D eigenvalue weighted by molar-refractivity contribution is 7.80. The Hall–Kier alpha value is -0.840. The van der Waals surface area contributed by atoms with Crippen LogP contribution in [0.1, 0.15) is 12.8 Å². The van der Waals surface area contributed by atoms with Gasteiger partial charge in [-0.15, -0.1) is 0 Å². The maximum Gasteiger partial charge on any atom is 0.407 e. The second-order valence-corrected chi connectivity index (χ2v) is 3.01. The molecule has 0 bridgehead atoms. The van der Waals surface area contributed by atoms with Gasteiger partial charge >= 0.3 is 6.09 Å². The molecule has 62 valence electrons. The minimum atomic E-state index is -0.930. The van der Waals surface area contributed by atoms with Crippen LogP contribution in [-0.2, 0) is 0 Å². The Labute approximate surface area is 70.0 Å². The van der Waals surface area contributed by atoms with E-state index in [1.165, 1.54) is 4.90 Å². The number of rotatable bonds is 1. The van der Waals surface area contributed by atoms with Gasteiger partial charge < -0.3 is 10.8 Å². The topological polar surface area (TPSA) is 66.6 Å². The van der Waals surface area contributed by atoms with Crippen LogP contribution >= 0.6 is 12.2 Å². The summed E-state index contributed by atoms with van der Waals surface area (Å²) in [5.74, 6) is 0. The Bertz CT molecular complexity index is 175. The number of carbonyl (C=O) groups is 1. The molecule has 11 heavy (non-hydrogen) atoms. The molecule has 1 atom stereocenters. The summed E-state index contributed by atoms with van der Waals surface area (Å²) >= 11 is 4.72. The van der Waals surface area contributed by atoms with E-state index in [0.29, 0.717) is 6.54 Å². The van der Waals surface area contributed by atoms with E-state index in [9.17, 15) is 4.79 Å². The van der Waals surface area contributed by atoms with E-state index in [0.717, 1.165) is 12.8 Å². The lowest BCUT2D eigenvalue weighted by atomic mass is 10.2. The summed E-state index contributed by atoms with van der Waals surface area (Å²) in [6.07, 6.45) is 0.691. The first-order chi connectivity index (χ1) is 5.13. The quantitative estimate of drug-likeness (QED) is 0.565. The Balaban J connectivity index is 2.65. The van der Waals surface area contributed by atoms with Crippen LogP contribution in [0.4, 0.5) is 4.79 Å². The molecule has 0 aliphatic carbocycles. The van der Waals surface area contributed by atoms with E-state index in [1.807, 2.05) is 0 Å². The van der Waals surface area contributed by atoms with Gasteiger partial charge in [-0.2, -0.15) is 0 Å². The van der Waals surface area contributed by atoms with Gasteiger partial charge in [0.25, 0.3) is 0 Å². The zero-order valence-electron chi connectivity index (χ0n) is 5.99. The third-order valence-electron chi connectivity index (χ3n) is 1.83. The fraction of sp³-hybridized carbons (Fsp3) is 0.667. The number of amides is 1. The fourth-order valence-corrected chi connectivity index (χ4v) is 1.54. The first kappa shape index (κ1) is 8.26. The predicted octanol–water partition coefficient (Wildman–Crippen LogP) is 0.415. The molecule has 5 heteroatoms. The molecular weight excluding hydrogens is 164 g/mol. The van der Waals surface area contributed by atoms with E-state index in [2.05, 4.69) is 0 Å². The molecule has 0 aromatic carbocycles. The van der Waals surface area contributed by atoms with Gasteiger partial charge in [-0.1, -0.05) is 12.2 Å². The van der Waals surface area contributed by atoms with Crippen LogP contribution < -0.4 is 5.73 Å². The number of hydrogen-bond donors (Lipinski definition) is 2. The highest BCUT2D eigenvalue weighted by Gasteiger charge is 2.29. The summed E-state index contributed by atoms with van der Waals surface area (Å²) < 4.78 is 0. The highest BCUT2D eigenvalue weighted by Crippen LogP contribution is 2.16. The first-order valence-corrected chi connectivity index (χ1v) is 3.82. The van der Waals surface area contributed by atoms with Crippen LogP contribution in [0.15, 0.2) is 0 Å². The van der Waals surface area contributed by atoms with Crippen LogP contribution in [0.2, 0.25) is 0 Å². The molecule has 1 unspecified atom stereocenters. The molecular formula is C6H10N2O2S. The van der Waals surface area contributed by atoms with Crippen LogP contribution in [-0.4, -0.2) is 33.7 Å². The molecule has 0 aromatic heterocycles. The maximum absolute atomic E-state index is 10.5. The number of nitrogens with zero attached hydrogens (tertiary/aromatic N) is 1. The lowest BCUT2D eigenvalue weighted by Crippen LogP contribution is -2.42. The number of carboxylic acid groups (broad SMARTS) is 1. The zero-order valence-corrected chi connectivity index (χ0v) is 6.80. The second-order valence-electron chi connectivity index (χ2n) is 2.54. The Morgan fingerprint density at radius 3 is 2.73 bits per heavy atom. The maximum atomic E-state index is 10.5. The summed E-state index contributed by atoms with van der Waals surface area (Å²) in [6, 6.07) is -0.234. The van der Waals surface area contributed by atoms with Crippen molar-refractivity contribution in [2.75, 3.05) is 6.54 Å². The lowest BCUT2D eigenvalue weighted by molar-refractivity contribution is 0.150.